The predicted molar refractivity (Wildman–Crippen MR) is 154 cm³/mol. The number of carbonyl (C=O) groups excluding carboxylic acids is 1. The number of nitrogens with one attached hydrogen (secondary N) is 2. The molecular weight excluding hydrogens is 558 g/mol. The summed E-state index contributed by atoms with van der Waals surface area (Å²) in [7, 11) is -0.364. The van der Waals surface area contributed by atoms with E-state index < -0.39 is 10.0 Å². The Labute approximate surface area is 236 Å². The van der Waals surface area contributed by atoms with Crippen molar-refractivity contribution in [1.29, 1.82) is 0 Å². The molecule has 1 fully saturated rings. The SMILES string of the molecule is COc1cccc2c1c(NS(=O)(=O)c1ccc(Cl)s1)nn2Cc1cccc(CNC(=O)C2CCCCN2C)c1. The topological polar surface area (TPSA) is 106 Å². The van der Waals surface area contributed by atoms with E-state index in [0.717, 1.165) is 53.8 Å². The molecule has 1 aliphatic rings. The maximum atomic E-state index is 13.0. The molecule has 0 bridgehead atoms. The van der Waals surface area contributed by atoms with Crippen LogP contribution in [0.25, 0.3) is 10.9 Å². The molecule has 0 saturated carbocycles. The number of halogens is 1. The molecule has 2 aromatic carbocycles. The van der Waals surface area contributed by atoms with E-state index in [1.807, 2.05) is 43.4 Å². The van der Waals surface area contributed by atoms with Crippen LogP contribution < -0.4 is 14.8 Å². The quantitative estimate of drug-likeness (QED) is 0.294. The fourth-order valence-corrected chi connectivity index (χ4v) is 7.40. The van der Waals surface area contributed by atoms with E-state index in [9.17, 15) is 13.2 Å². The third-order valence-corrected chi connectivity index (χ3v) is 9.93. The van der Waals surface area contributed by atoms with E-state index in [1.165, 1.54) is 13.2 Å². The van der Waals surface area contributed by atoms with Crippen molar-refractivity contribution in [2.24, 2.45) is 0 Å². The van der Waals surface area contributed by atoms with Crippen molar-refractivity contribution >= 4 is 55.6 Å². The largest absolute Gasteiger partial charge is 0.496 e. The fourth-order valence-electron chi connectivity index (χ4n) is 4.90. The van der Waals surface area contributed by atoms with Gasteiger partial charge in [-0.15, -0.1) is 11.3 Å². The van der Waals surface area contributed by atoms with Gasteiger partial charge in [-0.25, -0.2) is 8.42 Å². The number of likely N-dealkylation sites (N-methyl/N-ethyl adjacent to an activating group) is 1. The summed E-state index contributed by atoms with van der Waals surface area (Å²) in [6.45, 7) is 1.76. The third-order valence-electron chi connectivity index (χ3n) is 6.87. The molecule has 1 unspecified atom stereocenters. The Morgan fingerprint density at radius 2 is 1.95 bits per heavy atom. The lowest BCUT2D eigenvalue weighted by molar-refractivity contribution is -0.127. The minimum Gasteiger partial charge on any atom is -0.496 e. The summed E-state index contributed by atoms with van der Waals surface area (Å²) in [6.07, 6.45) is 3.07. The molecule has 0 aliphatic carbocycles. The van der Waals surface area contributed by atoms with Gasteiger partial charge in [-0.05, 0) is 61.8 Å². The zero-order valence-electron chi connectivity index (χ0n) is 21.7. The van der Waals surface area contributed by atoms with E-state index in [4.69, 9.17) is 16.3 Å². The van der Waals surface area contributed by atoms with E-state index in [1.54, 1.807) is 16.8 Å². The summed E-state index contributed by atoms with van der Waals surface area (Å²) in [5, 5.41) is 8.27. The van der Waals surface area contributed by atoms with Crippen LogP contribution in [-0.2, 0) is 27.9 Å². The normalized spacial score (nSPS) is 16.3. The van der Waals surface area contributed by atoms with Crippen LogP contribution in [0, 0.1) is 0 Å². The van der Waals surface area contributed by atoms with Gasteiger partial charge < -0.3 is 10.1 Å². The number of amides is 1. The number of hydrogen-bond donors (Lipinski definition) is 2. The number of sulfonamides is 1. The number of carbonyl (C=O) groups is 1. The van der Waals surface area contributed by atoms with Gasteiger partial charge in [-0.3, -0.25) is 19.1 Å². The first-order chi connectivity index (χ1) is 18.7. The third kappa shape index (κ3) is 6.06. The first-order valence-corrected chi connectivity index (χ1v) is 15.3. The molecule has 2 N–H and O–H groups in total. The Hall–Kier alpha value is -3.12. The summed E-state index contributed by atoms with van der Waals surface area (Å²) in [5.41, 5.74) is 2.65. The van der Waals surface area contributed by atoms with E-state index >= 15 is 0 Å². The molecule has 12 heteroatoms. The van der Waals surface area contributed by atoms with Gasteiger partial charge >= 0.3 is 0 Å². The summed E-state index contributed by atoms with van der Waals surface area (Å²) in [4.78, 5) is 14.9. The van der Waals surface area contributed by atoms with E-state index in [0.29, 0.717) is 28.6 Å². The number of thiophene rings is 1. The highest BCUT2D eigenvalue weighted by atomic mass is 35.5. The average Bonchev–Trinajstić information content (AvgIpc) is 3.51. The molecular formula is C27H30ClN5O4S2. The molecule has 1 atom stereocenters. The Bertz CT molecular complexity index is 1600. The maximum Gasteiger partial charge on any atom is 0.272 e. The van der Waals surface area contributed by atoms with Crippen LogP contribution in [0.3, 0.4) is 0 Å². The maximum absolute atomic E-state index is 13.0. The minimum atomic E-state index is -3.90. The number of methoxy groups -OCH3 is 1. The molecule has 206 valence electrons. The van der Waals surface area contributed by atoms with Gasteiger partial charge in [0.25, 0.3) is 10.0 Å². The second-order valence-electron chi connectivity index (χ2n) is 9.55. The van der Waals surface area contributed by atoms with Crippen LogP contribution in [0.5, 0.6) is 5.75 Å². The molecule has 3 heterocycles. The van der Waals surface area contributed by atoms with E-state index in [-0.39, 0.29) is 22.0 Å². The van der Waals surface area contributed by atoms with Gasteiger partial charge in [0.15, 0.2) is 5.82 Å². The number of fused-ring (bicyclic) bond motifs is 1. The first kappa shape index (κ1) is 27.4. The first-order valence-electron chi connectivity index (χ1n) is 12.6. The number of benzene rings is 2. The molecule has 1 amide bonds. The van der Waals surface area contributed by atoms with Gasteiger partial charge in [0.2, 0.25) is 5.91 Å². The number of nitrogens with zero attached hydrogens (tertiary/aromatic N) is 3. The molecule has 0 radical (unpaired) electrons. The predicted octanol–water partition coefficient (Wildman–Crippen LogP) is 4.71. The summed E-state index contributed by atoms with van der Waals surface area (Å²) in [6, 6.07) is 16.3. The van der Waals surface area contributed by atoms with Crippen LogP contribution in [0.2, 0.25) is 4.34 Å². The van der Waals surface area contributed by atoms with Crippen molar-refractivity contribution in [3.63, 3.8) is 0 Å². The summed E-state index contributed by atoms with van der Waals surface area (Å²) >= 11 is 6.94. The number of anilines is 1. The summed E-state index contributed by atoms with van der Waals surface area (Å²) in [5.74, 6) is 0.730. The second-order valence-corrected chi connectivity index (χ2v) is 13.2. The number of rotatable bonds is 9. The lowest BCUT2D eigenvalue weighted by atomic mass is 10.0. The average molecular weight is 588 g/mol. The highest BCUT2D eigenvalue weighted by molar-refractivity contribution is 7.94. The number of piperidine rings is 1. The Morgan fingerprint density at radius 1 is 1.15 bits per heavy atom. The Morgan fingerprint density at radius 3 is 2.69 bits per heavy atom. The zero-order valence-corrected chi connectivity index (χ0v) is 24.1. The molecule has 4 aromatic rings. The highest BCUT2D eigenvalue weighted by Crippen LogP contribution is 2.35. The molecule has 0 spiro atoms. The Kier molecular flexibility index (Phi) is 8.13. The van der Waals surface area contributed by atoms with Crippen molar-refractivity contribution < 1.29 is 17.9 Å². The fraction of sp³-hybridized carbons (Fsp3) is 0.333. The van der Waals surface area contributed by atoms with Crippen LogP contribution in [0.15, 0.2) is 58.8 Å². The van der Waals surface area contributed by atoms with Crippen LogP contribution in [0.4, 0.5) is 5.82 Å². The lowest BCUT2D eigenvalue weighted by Crippen LogP contribution is -2.47. The molecule has 2 aromatic heterocycles. The minimum absolute atomic E-state index is 0.0525. The molecule has 1 saturated heterocycles. The monoisotopic (exact) mass is 587 g/mol. The smallest absolute Gasteiger partial charge is 0.272 e. The van der Waals surface area contributed by atoms with Gasteiger partial charge in [0.1, 0.15) is 9.96 Å². The molecule has 5 rings (SSSR count). The summed E-state index contributed by atoms with van der Waals surface area (Å²) < 4.78 is 36.5. The Balaban J connectivity index is 1.38. The molecule has 9 nitrogen and oxygen atoms in total. The molecule has 39 heavy (non-hydrogen) atoms. The van der Waals surface area contributed by atoms with Gasteiger partial charge in [-0.1, -0.05) is 48.4 Å². The van der Waals surface area contributed by atoms with Crippen molar-refractivity contribution in [3.05, 3.63) is 70.1 Å². The standard InChI is InChI=1S/C27H30ClN5O4S2/c1-32-14-4-3-9-21(32)27(34)29-16-18-7-5-8-19(15-18)17-33-20-10-6-11-22(37-2)25(20)26(30-33)31-39(35,36)24-13-12-23(28)38-24/h5-8,10-13,15,21H,3-4,9,14,16-17H2,1-2H3,(H,29,34)(H,30,31). The van der Waals surface area contributed by atoms with Crippen molar-refractivity contribution in [2.75, 3.05) is 25.4 Å². The second kappa shape index (κ2) is 11.5. The van der Waals surface area contributed by atoms with Gasteiger partial charge in [0.05, 0.1) is 34.9 Å². The highest BCUT2D eigenvalue weighted by Gasteiger charge is 2.26. The van der Waals surface area contributed by atoms with Crippen molar-refractivity contribution in [3.8, 4) is 5.75 Å². The lowest BCUT2D eigenvalue weighted by Gasteiger charge is -2.31. The van der Waals surface area contributed by atoms with Crippen LogP contribution in [-0.4, -0.2) is 55.7 Å². The van der Waals surface area contributed by atoms with E-state index in [2.05, 4.69) is 20.0 Å². The number of hydrogen-bond acceptors (Lipinski definition) is 7. The van der Waals surface area contributed by atoms with Crippen molar-refractivity contribution in [1.82, 2.24) is 20.0 Å². The van der Waals surface area contributed by atoms with Crippen molar-refractivity contribution in [2.45, 2.75) is 42.6 Å². The number of likely N-dealkylation sites (tertiary alicyclic amines) is 1. The molecule has 1 aliphatic heterocycles. The van der Waals surface area contributed by atoms with Crippen LogP contribution >= 0.6 is 22.9 Å². The van der Waals surface area contributed by atoms with Crippen LogP contribution in [0.1, 0.15) is 30.4 Å². The zero-order chi connectivity index (χ0) is 27.6. The van der Waals surface area contributed by atoms with Gasteiger partial charge in [0, 0.05) is 6.54 Å². The number of aromatic nitrogens is 2. The van der Waals surface area contributed by atoms with Gasteiger partial charge in [-0.2, -0.15) is 5.10 Å². The number of ether oxygens (including phenoxy) is 1.